The number of aryl methyl sites for hydroxylation is 2. The Morgan fingerprint density at radius 2 is 1.85 bits per heavy atom. The molecule has 20 heavy (non-hydrogen) atoms. The van der Waals surface area contributed by atoms with Crippen molar-refractivity contribution >= 4 is 12.0 Å². The number of carbonyl (C=O) groups excluding carboxylic acids is 2. The van der Waals surface area contributed by atoms with Gasteiger partial charge >= 0.3 is 6.09 Å². The van der Waals surface area contributed by atoms with E-state index in [1.54, 1.807) is 12.1 Å². The van der Waals surface area contributed by atoms with Gasteiger partial charge in [0, 0.05) is 18.2 Å². The molecule has 1 rings (SSSR count). The van der Waals surface area contributed by atoms with E-state index in [-0.39, 0.29) is 6.04 Å². The van der Waals surface area contributed by atoms with Crippen LogP contribution >= 0.6 is 0 Å². The Bertz CT molecular complexity index is 491. The number of primary amides is 1. The minimum atomic E-state index is -0.502. The average molecular weight is 279 g/mol. The molecule has 6 nitrogen and oxygen atoms in total. The van der Waals surface area contributed by atoms with E-state index in [1.807, 2.05) is 13.8 Å². The first-order valence-electron chi connectivity index (χ1n) is 6.32. The highest BCUT2D eigenvalue weighted by molar-refractivity contribution is 5.93. The van der Waals surface area contributed by atoms with Crippen LogP contribution in [0.3, 0.4) is 0 Å². The lowest BCUT2D eigenvalue weighted by molar-refractivity contribution is 0.1000. The molecule has 5 N–H and O–H groups in total. The predicted molar refractivity (Wildman–Crippen MR) is 76.5 cm³/mol. The van der Waals surface area contributed by atoms with Gasteiger partial charge in [0.1, 0.15) is 0 Å². The van der Waals surface area contributed by atoms with Crippen molar-refractivity contribution < 1.29 is 14.3 Å². The SMILES string of the molecule is COC(=O)NC[C@@H](N)Cc1c(C)cc(C(N)=O)cc1C. The first kappa shape index (κ1) is 16.0. The van der Waals surface area contributed by atoms with Gasteiger partial charge in [-0.15, -0.1) is 0 Å². The van der Waals surface area contributed by atoms with Crippen molar-refractivity contribution in [1.82, 2.24) is 5.32 Å². The first-order chi connectivity index (χ1) is 9.35. The summed E-state index contributed by atoms with van der Waals surface area (Å²) in [5.41, 5.74) is 14.7. The topological polar surface area (TPSA) is 107 Å². The van der Waals surface area contributed by atoms with Crippen molar-refractivity contribution in [3.05, 3.63) is 34.4 Å². The van der Waals surface area contributed by atoms with Gasteiger partial charge in [0.05, 0.1) is 7.11 Å². The molecule has 110 valence electrons. The van der Waals surface area contributed by atoms with Crippen LogP contribution in [0.2, 0.25) is 0 Å². The van der Waals surface area contributed by atoms with Gasteiger partial charge in [-0.1, -0.05) is 0 Å². The maximum absolute atomic E-state index is 11.2. The summed E-state index contributed by atoms with van der Waals surface area (Å²) >= 11 is 0. The molecule has 0 saturated carbocycles. The van der Waals surface area contributed by atoms with Gasteiger partial charge in [0.15, 0.2) is 0 Å². The number of alkyl carbamates (subject to hydrolysis) is 1. The minimum absolute atomic E-state index is 0.231. The summed E-state index contributed by atoms with van der Waals surface area (Å²) in [6.07, 6.45) is 0.0960. The summed E-state index contributed by atoms with van der Waals surface area (Å²) in [5, 5.41) is 2.56. The van der Waals surface area contributed by atoms with Crippen molar-refractivity contribution in [3.63, 3.8) is 0 Å². The van der Waals surface area contributed by atoms with Crippen LogP contribution in [-0.2, 0) is 11.2 Å². The van der Waals surface area contributed by atoms with Gasteiger partial charge < -0.3 is 21.5 Å². The number of benzene rings is 1. The molecule has 2 amide bonds. The van der Waals surface area contributed by atoms with Gasteiger partial charge in [0.2, 0.25) is 5.91 Å². The fourth-order valence-electron chi connectivity index (χ4n) is 2.08. The minimum Gasteiger partial charge on any atom is -0.453 e. The number of carbonyl (C=O) groups is 2. The van der Waals surface area contributed by atoms with Gasteiger partial charge in [-0.25, -0.2) is 4.79 Å². The van der Waals surface area contributed by atoms with Gasteiger partial charge in [0.25, 0.3) is 0 Å². The molecule has 0 aliphatic heterocycles. The number of methoxy groups -OCH3 is 1. The van der Waals surface area contributed by atoms with Crippen LogP contribution in [0.15, 0.2) is 12.1 Å². The first-order valence-corrected chi connectivity index (χ1v) is 6.32. The number of ether oxygens (including phenoxy) is 1. The molecule has 0 radical (unpaired) electrons. The summed E-state index contributed by atoms with van der Waals surface area (Å²) in [6, 6.07) is 3.28. The van der Waals surface area contributed by atoms with Gasteiger partial charge in [-0.05, 0) is 49.1 Å². The van der Waals surface area contributed by atoms with E-state index in [9.17, 15) is 9.59 Å². The molecule has 0 unspecified atom stereocenters. The monoisotopic (exact) mass is 279 g/mol. The van der Waals surface area contributed by atoms with E-state index >= 15 is 0 Å². The largest absolute Gasteiger partial charge is 0.453 e. The van der Waals surface area contributed by atoms with E-state index in [2.05, 4.69) is 10.1 Å². The van der Waals surface area contributed by atoms with E-state index in [0.29, 0.717) is 18.5 Å². The molecule has 1 aromatic rings. The Labute approximate surface area is 118 Å². The fraction of sp³-hybridized carbons (Fsp3) is 0.429. The van der Waals surface area contributed by atoms with Crippen LogP contribution < -0.4 is 16.8 Å². The van der Waals surface area contributed by atoms with E-state index in [0.717, 1.165) is 16.7 Å². The molecule has 0 heterocycles. The molecule has 0 aliphatic carbocycles. The maximum atomic E-state index is 11.2. The van der Waals surface area contributed by atoms with Crippen LogP contribution in [0.1, 0.15) is 27.0 Å². The summed E-state index contributed by atoms with van der Waals surface area (Å²) in [5.74, 6) is -0.445. The second-order valence-electron chi connectivity index (χ2n) is 4.79. The zero-order chi connectivity index (χ0) is 15.3. The zero-order valence-electron chi connectivity index (χ0n) is 12.0. The van der Waals surface area contributed by atoms with Crippen molar-refractivity contribution in [2.45, 2.75) is 26.3 Å². The van der Waals surface area contributed by atoms with Crippen molar-refractivity contribution in [2.24, 2.45) is 11.5 Å². The highest BCUT2D eigenvalue weighted by Gasteiger charge is 2.12. The molecule has 0 bridgehead atoms. The molecule has 0 fully saturated rings. The summed E-state index contributed by atoms with van der Waals surface area (Å²) in [4.78, 5) is 22.2. The lowest BCUT2D eigenvalue weighted by atomic mass is 9.94. The van der Waals surface area contributed by atoms with Crippen LogP contribution in [0.5, 0.6) is 0 Å². The number of nitrogens with two attached hydrogens (primary N) is 2. The Morgan fingerprint density at radius 3 is 2.30 bits per heavy atom. The molecule has 0 aromatic heterocycles. The molecule has 0 spiro atoms. The molecule has 0 aliphatic rings. The molecule has 0 saturated heterocycles. The van der Waals surface area contributed by atoms with Crippen LogP contribution in [-0.4, -0.2) is 31.7 Å². The number of rotatable bonds is 5. The van der Waals surface area contributed by atoms with Crippen LogP contribution in [0, 0.1) is 13.8 Å². The molecular weight excluding hydrogens is 258 g/mol. The average Bonchev–Trinajstić information content (AvgIpc) is 2.39. The maximum Gasteiger partial charge on any atom is 0.406 e. The third-order valence-corrected chi connectivity index (χ3v) is 3.14. The highest BCUT2D eigenvalue weighted by atomic mass is 16.5. The normalized spacial score (nSPS) is 11.8. The number of hydrogen-bond donors (Lipinski definition) is 3. The smallest absolute Gasteiger partial charge is 0.406 e. The summed E-state index contributed by atoms with van der Waals surface area (Å²) < 4.78 is 4.48. The second kappa shape index (κ2) is 6.91. The van der Waals surface area contributed by atoms with Crippen LogP contribution in [0.4, 0.5) is 4.79 Å². The van der Waals surface area contributed by atoms with E-state index < -0.39 is 12.0 Å². The number of hydrogen-bond acceptors (Lipinski definition) is 4. The lowest BCUT2D eigenvalue weighted by Crippen LogP contribution is -2.38. The Kier molecular flexibility index (Phi) is 5.52. The second-order valence-corrected chi connectivity index (χ2v) is 4.79. The van der Waals surface area contributed by atoms with Crippen molar-refractivity contribution in [1.29, 1.82) is 0 Å². The molecule has 1 atom stereocenters. The van der Waals surface area contributed by atoms with Gasteiger partial charge in [-0.3, -0.25) is 4.79 Å². The Balaban J connectivity index is 2.77. The Morgan fingerprint density at radius 1 is 1.30 bits per heavy atom. The standard InChI is InChI=1S/C14H21N3O3/c1-8-4-10(13(16)18)5-9(2)12(8)6-11(15)7-17-14(19)20-3/h4-5,11H,6-7,15H2,1-3H3,(H2,16,18)(H,17,19)/t11-/m0/s1. The highest BCUT2D eigenvalue weighted by Crippen LogP contribution is 2.18. The van der Waals surface area contributed by atoms with E-state index in [1.165, 1.54) is 7.11 Å². The van der Waals surface area contributed by atoms with Crippen LogP contribution in [0.25, 0.3) is 0 Å². The number of nitrogens with one attached hydrogen (secondary N) is 1. The van der Waals surface area contributed by atoms with Crippen molar-refractivity contribution in [3.8, 4) is 0 Å². The summed E-state index contributed by atoms with van der Waals surface area (Å²) in [7, 11) is 1.30. The predicted octanol–water partition coefficient (Wildman–Crippen LogP) is 0.628. The zero-order valence-corrected chi connectivity index (χ0v) is 12.0. The fourth-order valence-corrected chi connectivity index (χ4v) is 2.08. The van der Waals surface area contributed by atoms with E-state index in [4.69, 9.17) is 11.5 Å². The molecular formula is C14H21N3O3. The third kappa shape index (κ3) is 4.24. The van der Waals surface area contributed by atoms with Crippen molar-refractivity contribution in [2.75, 3.05) is 13.7 Å². The molecule has 1 aromatic carbocycles. The lowest BCUT2D eigenvalue weighted by Gasteiger charge is -2.16. The Hall–Kier alpha value is -2.08. The molecule has 6 heteroatoms. The number of amides is 2. The van der Waals surface area contributed by atoms with Gasteiger partial charge in [-0.2, -0.15) is 0 Å². The summed E-state index contributed by atoms with van der Waals surface area (Å²) in [6.45, 7) is 4.15. The quantitative estimate of drug-likeness (QED) is 0.734. The third-order valence-electron chi connectivity index (χ3n) is 3.14.